The number of carbonyl (C=O) groups excluding carboxylic acids is 2. The van der Waals surface area contributed by atoms with Gasteiger partial charge in [-0.05, 0) is 41.5 Å². The van der Waals surface area contributed by atoms with Crippen LogP contribution in [-0.4, -0.2) is 61.0 Å². The van der Waals surface area contributed by atoms with E-state index in [1.54, 1.807) is 6.42 Å². The highest BCUT2D eigenvalue weighted by Gasteiger charge is 2.17. The lowest BCUT2D eigenvalue weighted by molar-refractivity contribution is 0.0520. The molecule has 0 aliphatic rings. The molecule has 0 spiro atoms. The largest absolute Gasteiger partial charge is 0.444 e. The smallest absolute Gasteiger partial charge is 0.407 e. The highest BCUT2D eigenvalue weighted by molar-refractivity contribution is 5.68. The summed E-state index contributed by atoms with van der Waals surface area (Å²) in [4.78, 5) is 25.2. The molecule has 0 aliphatic carbocycles. The summed E-state index contributed by atoms with van der Waals surface area (Å²) in [5.41, 5.74) is -1.02. The van der Waals surface area contributed by atoms with Crippen molar-refractivity contribution in [2.24, 2.45) is 0 Å². The first-order chi connectivity index (χ1) is 10.9. The Hall–Kier alpha value is -1.63. The van der Waals surface area contributed by atoms with Gasteiger partial charge in [0, 0.05) is 26.2 Å². The summed E-state index contributed by atoms with van der Waals surface area (Å²) in [6.07, 6.45) is 0.905. The van der Waals surface area contributed by atoms with E-state index in [9.17, 15) is 9.59 Å². The molecule has 0 fully saturated rings. The van der Waals surface area contributed by atoms with E-state index in [0.717, 1.165) is 0 Å². The van der Waals surface area contributed by atoms with Crippen LogP contribution in [0.3, 0.4) is 0 Å². The topological polar surface area (TPSA) is 79.9 Å². The number of nitrogens with zero attached hydrogens (tertiary/aromatic N) is 1. The van der Waals surface area contributed by atoms with Crippen LogP contribution < -0.4 is 10.6 Å². The molecule has 140 valence electrons. The Balaban J connectivity index is 4.05. The van der Waals surface area contributed by atoms with Crippen molar-refractivity contribution in [1.29, 1.82) is 0 Å². The van der Waals surface area contributed by atoms with E-state index in [-0.39, 0.29) is 0 Å². The second-order valence-electron chi connectivity index (χ2n) is 7.45. The monoisotopic (exact) mass is 343 g/mol. The van der Waals surface area contributed by atoms with Crippen LogP contribution in [0.2, 0.25) is 0 Å². The molecule has 0 aliphatic heterocycles. The standard InChI is InChI=1S/C17H33N3O4/c1-8-11-20(12-9-18-14(21)23-16(2,3)4)13-10-19-15(22)24-17(5,6)7/h8H,1,9-13H2,2-7H3,(H,18,21)(H,19,22). The van der Waals surface area contributed by atoms with Crippen molar-refractivity contribution < 1.29 is 19.1 Å². The Morgan fingerprint density at radius 3 is 1.58 bits per heavy atom. The van der Waals surface area contributed by atoms with Gasteiger partial charge in [0.15, 0.2) is 0 Å². The minimum absolute atomic E-state index is 0.437. The van der Waals surface area contributed by atoms with Crippen molar-refractivity contribution in [1.82, 2.24) is 15.5 Å². The third kappa shape index (κ3) is 14.0. The molecule has 0 heterocycles. The van der Waals surface area contributed by atoms with Crippen LogP contribution in [0.15, 0.2) is 0 Å². The SMILES string of the molecule is [CH2-][CH+]CN(CCNC(=O)OC(C)(C)C)CCNC(=O)OC(C)(C)C. The first-order valence-electron chi connectivity index (χ1n) is 8.20. The Morgan fingerprint density at radius 1 is 0.917 bits per heavy atom. The number of nitrogens with one attached hydrogen (secondary N) is 2. The van der Waals surface area contributed by atoms with Crippen molar-refractivity contribution in [3.63, 3.8) is 0 Å². The second-order valence-corrected chi connectivity index (χ2v) is 7.45. The zero-order valence-corrected chi connectivity index (χ0v) is 15.9. The van der Waals surface area contributed by atoms with Gasteiger partial charge in [-0.25, -0.2) is 9.59 Å². The minimum atomic E-state index is -0.512. The summed E-state index contributed by atoms with van der Waals surface area (Å²) in [5, 5.41) is 5.42. The first kappa shape index (κ1) is 22.4. The van der Waals surface area contributed by atoms with Gasteiger partial charge in [0.1, 0.15) is 17.7 Å². The Bertz CT molecular complexity index is 352. The average Bonchev–Trinajstić information content (AvgIpc) is 2.34. The van der Waals surface area contributed by atoms with Crippen molar-refractivity contribution >= 4 is 12.2 Å². The third-order valence-electron chi connectivity index (χ3n) is 2.58. The molecule has 2 N–H and O–H groups in total. The fraction of sp³-hybridized carbons (Fsp3) is 0.765. The highest BCUT2D eigenvalue weighted by atomic mass is 16.6. The maximum atomic E-state index is 11.6. The van der Waals surface area contributed by atoms with Crippen LogP contribution in [0.1, 0.15) is 41.5 Å². The van der Waals surface area contributed by atoms with E-state index >= 15 is 0 Å². The zero-order valence-electron chi connectivity index (χ0n) is 15.9. The van der Waals surface area contributed by atoms with Crippen LogP contribution >= 0.6 is 0 Å². The molecule has 0 bridgehead atoms. The molecule has 0 radical (unpaired) electrons. The van der Waals surface area contributed by atoms with Crippen molar-refractivity contribution in [3.05, 3.63) is 13.3 Å². The molecule has 0 rings (SSSR count). The molecular weight excluding hydrogens is 310 g/mol. The second kappa shape index (κ2) is 10.3. The van der Waals surface area contributed by atoms with Crippen LogP contribution in [0.5, 0.6) is 0 Å². The Kier molecular flexibility index (Phi) is 9.58. The molecule has 0 unspecified atom stereocenters. The number of carbonyl (C=O) groups is 2. The molecule has 7 heteroatoms. The lowest BCUT2D eigenvalue weighted by Crippen LogP contribution is -2.42. The van der Waals surface area contributed by atoms with Gasteiger partial charge in [-0.15, -0.1) is 6.92 Å². The van der Waals surface area contributed by atoms with Crippen molar-refractivity contribution in [2.75, 3.05) is 32.7 Å². The zero-order chi connectivity index (χ0) is 18.8. The van der Waals surface area contributed by atoms with E-state index in [0.29, 0.717) is 32.7 Å². The maximum Gasteiger partial charge on any atom is 0.407 e. The number of rotatable bonds is 8. The van der Waals surface area contributed by atoms with E-state index in [1.165, 1.54) is 0 Å². The Morgan fingerprint density at radius 2 is 1.29 bits per heavy atom. The molecule has 0 saturated carbocycles. The van der Waals surface area contributed by atoms with Crippen molar-refractivity contribution in [2.45, 2.75) is 52.7 Å². The molecule has 0 atom stereocenters. The number of alkyl carbamates (subject to hydrolysis) is 2. The maximum absolute atomic E-state index is 11.6. The quantitative estimate of drug-likeness (QED) is 0.662. The van der Waals surface area contributed by atoms with Crippen LogP contribution in [0.4, 0.5) is 9.59 Å². The van der Waals surface area contributed by atoms with Crippen molar-refractivity contribution in [3.8, 4) is 0 Å². The summed E-state index contributed by atoms with van der Waals surface area (Å²) in [7, 11) is 0. The lowest BCUT2D eigenvalue weighted by Gasteiger charge is -2.23. The molecule has 0 aromatic rings. The predicted molar refractivity (Wildman–Crippen MR) is 94.6 cm³/mol. The van der Waals surface area contributed by atoms with Gasteiger partial charge in [-0.1, -0.05) is 6.42 Å². The molecule has 24 heavy (non-hydrogen) atoms. The predicted octanol–water partition coefficient (Wildman–Crippen LogP) is 2.38. The highest BCUT2D eigenvalue weighted by Crippen LogP contribution is 2.07. The van der Waals surface area contributed by atoms with E-state index < -0.39 is 23.4 Å². The summed E-state index contributed by atoms with van der Waals surface area (Å²) < 4.78 is 10.4. The van der Waals surface area contributed by atoms with Crippen LogP contribution in [0, 0.1) is 13.3 Å². The molecule has 0 aromatic carbocycles. The fourth-order valence-electron chi connectivity index (χ4n) is 1.74. The molecule has 0 aromatic heterocycles. The summed E-state index contributed by atoms with van der Waals surface area (Å²) >= 11 is 0. The number of amides is 2. The van der Waals surface area contributed by atoms with Gasteiger partial charge in [-0.2, -0.15) is 0 Å². The normalized spacial score (nSPS) is 11.8. The van der Waals surface area contributed by atoms with E-state index in [2.05, 4.69) is 22.5 Å². The third-order valence-corrected chi connectivity index (χ3v) is 2.58. The number of ether oxygens (including phenoxy) is 2. The van der Waals surface area contributed by atoms with Crippen LogP contribution in [0.25, 0.3) is 0 Å². The minimum Gasteiger partial charge on any atom is -0.444 e. The van der Waals surface area contributed by atoms with E-state index in [4.69, 9.17) is 9.47 Å². The fourth-order valence-corrected chi connectivity index (χ4v) is 1.74. The van der Waals surface area contributed by atoms with Gasteiger partial charge in [0.05, 0.1) is 0 Å². The molecule has 2 amide bonds. The van der Waals surface area contributed by atoms with Gasteiger partial charge < -0.3 is 20.1 Å². The summed E-state index contributed by atoms with van der Waals surface area (Å²) in [5.74, 6) is 0. The lowest BCUT2D eigenvalue weighted by atomic mass is 10.2. The van der Waals surface area contributed by atoms with Gasteiger partial charge in [0.2, 0.25) is 0 Å². The molecule has 0 saturated heterocycles. The van der Waals surface area contributed by atoms with Gasteiger partial charge in [-0.3, -0.25) is 4.90 Å². The molecular formula is C17H33N3O4. The summed E-state index contributed by atoms with van der Waals surface area (Å²) in [6.45, 7) is 17.4. The van der Waals surface area contributed by atoms with E-state index in [1.807, 2.05) is 41.5 Å². The number of hydrogen-bond acceptors (Lipinski definition) is 5. The van der Waals surface area contributed by atoms with Crippen LogP contribution in [-0.2, 0) is 9.47 Å². The Labute approximate surface area is 146 Å². The molecule has 7 nitrogen and oxygen atoms in total. The number of hydrogen-bond donors (Lipinski definition) is 2. The first-order valence-corrected chi connectivity index (χ1v) is 8.20. The van der Waals surface area contributed by atoms with Gasteiger partial charge >= 0.3 is 12.2 Å². The summed E-state index contributed by atoms with van der Waals surface area (Å²) in [6, 6.07) is 0. The van der Waals surface area contributed by atoms with Gasteiger partial charge in [0.25, 0.3) is 0 Å². The average molecular weight is 343 g/mol.